The van der Waals surface area contributed by atoms with Crippen molar-refractivity contribution in [3.8, 4) is 0 Å². The van der Waals surface area contributed by atoms with E-state index >= 15 is 0 Å². The van der Waals surface area contributed by atoms with E-state index in [0.29, 0.717) is 0 Å². The van der Waals surface area contributed by atoms with Gasteiger partial charge in [-0.25, -0.2) is 18.2 Å². The molecule has 0 radical (unpaired) electrons. The molecule has 0 fully saturated rings. The topological polar surface area (TPSA) is 38.9 Å². The van der Waals surface area contributed by atoms with Crippen molar-refractivity contribution in [1.29, 1.82) is 0 Å². The molecule has 1 heterocycles. The number of halogens is 3. The van der Waals surface area contributed by atoms with Crippen molar-refractivity contribution in [2.24, 2.45) is 0 Å². The summed E-state index contributed by atoms with van der Waals surface area (Å²) in [4.78, 5) is 3.56. The van der Waals surface area contributed by atoms with Gasteiger partial charge in [0.2, 0.25) is 0 Å². The second-order valence-corrected chi connectivity index (χ2v) is 2.54. The Morgan fingerprint density at radius 1 is 1.08 bits per heavy atom. The Bertz CT molecular complexity index is 302. The third-order valence-electron chi connectivity index (χ3n) is 1.72. The molecule has 0 saturated heterocycles. The largest absolute Gasteiger partial charge is 0.383 e. The molecule has 0 bridgehead atoms. The van der Waals surface area contributed by atoms with Crippen molar-refractivity contribution >= 4 is 5.82 Å². The van der Waals surface area contributed by atoms with Crippen LogP contribution in [0.5, 0.6) is 0 Å². The van der Waals surface area contributed by atoms with Gasteiger partial charge in [-0.3, -0.25) is 0 Å². The first-order valence-corrected chi connectivity index (χ1v) is 3.68. The first-order chi connectivity index (χ1) is 6.22. The molecule has 0 aromatic carbocycles. The number of nitrogens with zero attached hydrogens (tertiary/aromatic N) is 1. The van der Waals surface area contributed by atoms with Gasteiger partial charge in [0.1, 0.15) is 25.8 Å². The molecule has 1 rings (SSSR count). The second-order valence-electron chi connectivity index (χ2n) is 2.54. The number of rotatable bonds is 3. The molecule has 72 valence electrons. The van der Waals surface area contributed by atoms with Crippen molar-refractivity contribution in [2.75, 3.05) is 5.73 Å². The fraction of sp³-hybridized carbons (Fsp3) is 0.375. The SMILES string of the molecule is Nc1nc(CF)c(CF)cc1CF. The Hall–Kier alpha value is -1.26. The molecule has 0 atom stereocenters. The number of anilines is 1. The predicted molar refractivity (Wildman–Crippen MR) is 43.1 cm³/mol. The Morgan fingerprint density at radius 3 is 2.15 bits per heavy atom. The lowest BCUT2D eigenvalue weighted by Crippen LogP contribution is -2.03. The molecular weight excluding hydrogens is 181 g/mol. The number of hydrogen-bond acceptors (Lipinski definition) is 2. The molecule has 5 heteroatoms. The van der Waals surface area contributed by atoms with E-state index in [0.717, 1.165) is 0 Å². The normalized spacial score (nSPS) is 10.4. The molecule has 13 heavy (non-hydrogen) atoms. The first-order valence-electron chi connectivity index (χ1n) is 3.68. The molecule has 2 nitrogen and oxygen atoms in total. The summed E-state index contributed by atoms with van der Waals surface area (Å²) in [6, 6.07) is 1.21. The van der Waals surface area contributed by atoms with E-state index in [9.17, 15) is 13.2 Å². The molecule has 2 N–H and O–H groups in total. The Balaban J connectivity index is 3.18. The van der Waals surface area contributed by atoms with Gasteiger partial charge in [0.15, 0.2) is 0 Å². The highest BCUT2D eigenvalue weighted by atomic mass is 19.1. The summed E-state index contributed by atoms with van der Waals surface area (Å²) in [5, 5.41) is 0. The Labute approximate surface area is 73.6 Å². The van der Waals surface area contributed by atoms with E-state index in [-0.39, 0.29) is 22.6 Å². The van der Waals surface area contributed by atoms with Crippen LogP contribution in [0.15, 0.2) is 6.07 Å². The maximum Gasteiger partial charge on any atom is 0.132 e. The van der Waals surface area contributed by atoms with Crippen LogP contribution >= 0.6 is 0 Å². The molecule has 0 unspecified atom stereocenters. The Kier molecular flexibility index (Phi) is 3.11. The van der Waals surface area contributed by atoms with Crippen LogP contribution in [0.1, 0.15) is 16.8 Å². The van der Waals surface area contributed by atoms with Crippen LogP contribution in [0.25, 0.3) is 0 Å². The van der Waals surface area contributed by atoms with E-state index in [1.807, 2.05) is 0 Å². The van der Waals surface area contributed by atoms with Crippen molar-refractivity contribution in [2.45, 2.75) is 20.0 Å². The van der Waals surface area contributed by atoms with Gasteiger partial charge in [-0.1, -0.05) is 0 Å². The maximum atomic E-state index is 12.3. The third kappa shape index (κ3) is 1.91. The molecule has 1 aromatic rings. The highest BCUT2D eigenvalue weighted by Crippen LogP contribution is 2.18. The zero-order valence-electron chi connectivity index (χ0n) is 6.86. The molecule has 0 aliphatic carbocycles. The highest BCUT2D eigenvalue weighted by molar-refractivity contribution is 5.43. The molecule has 0 spiro atoms. The van der Waals surface area contributed by atoms with Gasteiger partial charge in [-0.2, -0.15) is 0 Å². The summed E-state index contributed by atoms with van der Waals surface area (Å²) in [6.45, 7) is -2.58. The van der Waals surface area contributed by atoms with Crippen LogP contribution < -0.4 is 5.73 Å². The van der Waals surface area contributed by atoms with Crippen LogP contribution in [-0.2, 0) is 20.0 Å². The van der Waals surface area contributed by atoms with Crippen LogP contribution in [0.3, 0.4) is 0 Å². The summed E-state index contributed by atoms with van der Waals surface area (Å²) in [5.41, 5.74) is 5.39. The maximum absolute atomic E-state index is 12.3. The molecule has 0 saturated carbocycles. The standard InChI is InChI=1S/C8H9F3N2/c9-2-5-1-6(3-10)8(12)13-7(5)4-11/h1H,2-4H2,(H2,12,13). The average Bonchev–Trinajstić information content (AvgIpc) is 2.17. The average molecular weight is 190 g/mol. The highest BCUT2D eigenvalue weighted by Gasteiger charge is 2.09. The van der Waals surface area contributed by atoms with Crippen LogP contribution in [0.2, 0.25) is 0 Å². The van der Waals surface area contributed by atoms with E-state index in [1.54, 1.807) is 0 Å². The van der Waals surface area contributed by atoms with Crippen molar-refractivity contribution in [3.05, 3.63) is 22.9 Å². The molecule has 0 aliphatic heterocycles. The zero-order valence-corrected chi connectivity index (χ0v) is 6.86. The number of alkyl halides is 3. The fourth-order valence-electron chi connectivity index (χ4n) is 0.995. The van der Waals surface area contributed by atoms with Gasteiger partial charge in [0, 0.05) is 11.1 Å². The number of pyridine rings is 1. The summed E-state index contributed by atoms with van der Waals surface area (Å²) in [6.07, 6.45) is 0. The summed E-state index contributed by atoms with van der Waals surface area (Å²) in [7, 11) is 0. The number of nitrogen functional groups attached to an aromatic ring is 1. The summed E-state index contributed by atoms with van der Waals surface area (Å²) in [5.74, 6) is -0.0765. The van der Waals surface area contributed by atoms with E-state index in [4.69, 9.17) is 5.73 Å². The molecule has 0 aliphatic rings. The zero-order chi connectivity index (χ0) is 9.84. The third-order valence-corrected chi connectivity index (χ3v) is 1.72. The van der Waals surface area contributed by atoms with Gasteiger partial charge < -0.3 is 5.73 Å². The van der Waals surface area contributed by atoms with Crippen LogP contribution in [-0.4, -0.2) is 4.98 Å². The van der Waals surface area contributed by atoms with Crippen LogP contribution in [0, 0.1) is 0 Å². The van der Waals surface area contributed by atoms with Crippen molar-refractivity contribution in [1.82, 2.24) is 4.98 Å². The Morgan fingerprint density at radius 2 is 1.69 bits per heavy atom. The van der Waals surface area contributed by atoms with Gasteiger partial charge in [0.05, 0.1) is 5.69 Å². The summed E-state index contributed by atoms with van der Waals surface area (Å²) >= 11 is 0. The monoisotopic (exact) mass is 190 g/mol. The lowest BCUT2D eigenvalue weighted by Gasteiger charge is -2.06. The predicted octanol–water partition coefficient (Wildman–Crippen LogP) is 2.07. The number of hydrogen-bond donors (Lipinski definition) is 1. The lowest BCUT2D eigenvalue weighted by molar-refractivity contribution is 0.443. The van der Waals surface area contributed by atoms with Gasteiger partial charge in [-0.05, 0) is 6.07 Å². The van der Waals surface area contributed by atoms with Crippen molar-refractivity contribution < 1.29 is 13.2 Å². The molecule has 0 amide bonds. The number of nitrogens with two attached hydrogens (primary N) is 1. The van der Waals surface area contributed by atoms with Gasteiger partial charge >= 0.3 is 0 Å². The number of aromatic nitrogens is 1. The lowest BCUT2D eigenvalue weighted by atomic mass is 10.1. The van der Waals surface area contributed by atoms with Crippen LogP contribution in [0.4, 0.5) is 19.0 Å². The molecule has 1 aromatic heterocycles. The fourth-order valence-corrected chi connectivity index (χ4v) is 0.995. The smallest absolute Gasteiger partial charge is 0.132 e. The minimum absolute atomic E-state index is 0.0581. The van der Waals surface area contributed by atoms with Gasteiger partial charge in [0.25, 0.3) is 0 Å². The second kappa shape index (κ2) is 4.11. The van der Waals surface area contributed by atoms with E-state index in [2.05, 4.69) is 4.98 Å². The minimum atomic E-state index is -0.893. The molecular formula is C8H9F3N2. The first kappa shape index (κ1) is 9.83. The van der Waals surface area contributed by atoms with E-state index < -0.39 is 20.0 Å². The van der Waals surface area contributed by atoms with Gasteiger partial charge in [-0.15, -0.1) is 0 Å². The van der Waals surface area contributed by atoms with E-state index in [1.165, 1.54) is 6.07 Å². The minimum Gasteiger partial charge on any atom is -0.383 e. The van der Waals surface area contributed by atoms with Crippen molar-refractivity contribution in [3.63, 3.8) is 0 Å². The summed E-state index contributed by atoms with van der Waals surface area (Å²) < 4.78 is 36.7. The quantitative estimate of drug-likeness (QED) is 0.792.